The molecule has 4 aromatic heterocycles. The number of hydrogen-bond donors (Lipinski definition) is 0. The van der Waals surface area contributed by atoms with Crippen molar-refractivity contribution in [2.24, 2.45) is 0 Å². The summed E-state index contributed by atoms with van der Waals surface area (Å²) in [6, 6.07) is 3.70. The molecule has 4 aromatic rings. The summed E-state index contributed by atoms with van der Waals surface area (Å²) in [5.74, 6) is 0.538. The SMILES string of the molecule is CCn1c(=O)n2nc(-c3ccncc3)nc2c2c3c(sc21)COC(C)(C)C3. The number of rotatable bonds is 2. The average Bonchev–Trinajstić information content (AvgIpc) is 3.24. The standard InChI is InChI=1S/C19H19N5O2S/c1-4-23-17-14(12-9-19(2,3)26-10-13(12)27-17)16-21-15(22-24(16)18(23)25)11-5-7-20-8-6-11/h5-8H,4,9-10H2,1-3H3. The molecule has 1 aliphatic heterocycles. The Hall–Kier alpha value is -2.58. The minimum Gasteiger partial charge on any atom is -0.370 e. The van der Waals surface area contributed by atoms with E-state index in [1.807, 2.05) is 19.1 Å². The van der Waals surface area contributed by atoms with Crippen molar-refractivity contribution >= 4 is 27.2 Å². The maximum Gasteiger partial charge on any atom is 0.351 e. The van der Waals surface area contributed by atoms with Crippen LogP contribution in [0.1, 0.15) is 31.2 Å². The van der Waals surface area contributed by atoms with Crippen LogP contribution in [0.15, 0.2) is 29.3 Å². The van der Waals surface area contributed by atoms with Crippen LogP contribution in [0.4, 0.5) is 0 Å². The van der Waals surface area contributed by atoms with Crippen molar-refractivity contribution in [3.8, 4) is 11.4 Å². The molecule has 0 amide bonds. The van der Waals surface area contributed by atoms with Crippen LogP contribution in [-0.4, -0.2) is 29.8 Å². The van der Waals surface area contributed by atoms with Crippen molar-refractivity contribution < 1.29 is 4.74 Å². The number of hydrogen-bond acceptors (Lipinski definition) is 6. The molecule has 0 bridgehead atoms. The van der Waals surface area contributed by atoms with E-state index in [1.165, 1.54) is 15.0 Å². The molecule has 0 aliphatic carbocycles. The molecule has 0 radical (unpaired) electrons. The van der Waals surface area contributed by atoms with Gasteiger partial charge in [0.05, 0.1) is 17.6 Å². The van der Waals surface area contributed by atoms with Gasteiger partial charge < -0.3 is 4.74 Å². The first kappa shape index (κ1) is 16.6. The highest BCUT2D eigenvalue weighted by Gasteiger charge is 2.32. The number of fused-ring (bicyclic) bond motifs is 5. The maximum absolute atomic E-state index is 13.0. The molecule has 7 nitrogen and oxygen atoms in total. The van der Waals surface area contributed by atoms with E-state index in [1.54, 1.807) is 28.3 Å². The second-order valence-electron chi connectivity index (χ2n) is 7.34. The van der Waals surface area contributed by atoms with E-state index in [-0.39, 0.29) is 11.3 Å². The van der Waals surface area contributed by atoms with Gasteiger partial charge in [-0.2, -0.15) is 4.52 Å². The molecule has 0 unspecified atom stereocenters. The van der Waals surface area contributed by atoms with Crippen molar-refractivity contribution in [3.63, 3.8) is 0 Å². The van der Waals surface area contributed by atoms with Gasteiger partial charge in [0.15, 0.2) is 11.5 Å². The minimum atomic E-state index is -0.237. The molecule has 1 aliphatic rings. The fourth-order valence-electron chi connectivity index (χ4n) is 3.67. The highest BCUT2D eigenvalue weighted by molar-refractivity contribution is 7.19. The number of ether oxygens (including phenoxy) is 1. The quantitative estimate of drug-likeness (QED) is 0.534. The third-order valence-corrected chi connectivity index (χ3v) is 6.24. The van der Waals surface area contributed by atoms with Gasteiger partial charge in [-0.15, -0.1) is 16.4 Å². The smallest absolute Gasteiger partial charge is 0.351 e. The predicted molar refractivity (Wildman–Crippen MR) is 104 cm³/mol. The Morgan fingerprint density at radius 1 is 1.30 bits per heavy atom. The third kappa shape index (κ3) is 2.44. The highest BCUT2D eigenvalue weighted by atomic mass is 32.1. The number of nitrogens with zero attached hydrogens (tertiary/aromatic N) is 5. The van der Waals surface area contributed by atoms with Gasteiger partial charge in [0, 0.05) is 35.8 Å². The second kappa shape index (κ2) is 5.71. The molecule has 5 rings (SSSR count). The molecular formula is C19H19N5O2S. The van der Waals surface area contributed by atoms with Gasteiger partial charge in [-0.05, 0) is 38.5 Å². The van der Waals surface area contributed by atoms with Gasteiger partial charge in [0.2, 0.25) is 0 Å². The van der Waals surface area contributed by atoms with Crippen molar-refractivity contribution in [1.82, 2.24) is 24.1 Å². The zero-order chi connectivity index (χ0) is 18.8. The summed E-state index contributed by atoms with van der Waals surface area (Å²) >= 11 is 1.63. The lowest BCUT2D eigenvalue weighted by molar-refractivity contribution is -0.0379. The first-order valence-corrected chi connectivity index (χ1v) is 9.78. The van der Waals surface area contributed by atoms with Crippen LogP contribution in [0.25, 0.3) is 27.3 Å². The molecule has 138 valence electrons. The normalized spacial score (nSPS) is 16.1. The van der Waals surface area contributed by atoms with Crippen LogP contribution in [0.3, 0.4) is 0 Å². The Balaban J connectivity index is 1.89. The molecule has 0 saturated heterocycles. The summed E-state index contributed by atoms with van der Waals surface area (Å²) in [4.78, 5) is 24.0. The van der Waals surface area contributed by atoms with Crippen LogP contribution in [0.5, 0.6) is 0 Å². The Bertz CT molecular complexity index is 1240. The molecule has 0 fully saturated rings. The van der Waals surface area contributed by atoms with Gasteiger partial charge in [-0.1, -0.05) is 0 Å². The lowest BCUT2D eigenvalue weighted by atomic mass is 9.94. The molecule has 8 heteroatoms. The van der Waals surface area contributed by atoms with E-state index in [0.29, 0.717) is 24.6 Å². The molecule has 0 N–H and O–H groups in total. The molecule has 0 spiro atoms. The van der Waals surface area contributed by atoms with E-state index in [4.69, 9.17) is 9.72 Å². The minimum absolute atomic E-state index is 0.161. The summed E-state index contributed by atoms with van der Waals surface area (Å²) in [5.41, 5.74) is 2.30. The first-order valence-electron chi connectivity index (χ1n) is 8.96. The number of thiophene rings is 1. The monoisotopic (exact) mass is 381 g/mol. The Labute approximate surface area is 159 Å². The van der Waals surface area contributed by atoms with Gasteiger partial charge in [-0.3, -0.25) is 9.55 Å². The van der Waals surface area contributed by atoms with Crippen LogP contribution in [-0.2, 0) is 24.3 Å². The van der Waals surface area contributed by atoms with E-state index >= 15 is 0 Å². The average molecular weight is 381 g/mol. The molecular weight excluding hydrogens is 362 g/mol. The largest absolute Gasteiger partial charge is 0.370 e. The van der Waals surface area contributed by atoms with Crippen LogP contribution in [0.2, 0.25) is 0 Å². The van der Waals surface area contributed by atoms with E-state index in [9.17, 15) is 4.79 Å². The number of pyridine rings is 1. The Morgan fingerprint density at radius 3 is 2.81 bits per heavy atom. The van der Waals surface area contributed by atoms with Crippen molar-refractivity contribution in [3.05, 3.63) is 45.5 Å². The van der Waals surface area contributed by atoms with Gasteiger partial charge in [0.1, 0.15) is 4.83 Å². The molecule has 27 heavy (non-hydrogen) atoms. The third-order valence-electron chi connectivity index (χ3n) is 5.01. The second-order valence-corrected chi connectivity index (χ2v) is 8.43. The maximum atomic E-state index is 13.0. The fraction of sp³-hybridized carbons (Fsp3) is 0.368. The summed E-state index contributed by atoms with van der Waals surface area (Å²) in [6.45, 7) is 7.32. The van der Waals surface area contributed by atoms with Gasteiger partial charge in [0.25, 0.3) is 0 Å². The van der Waals surface area contributed by atoms with Gasteiger partial charge >= 0.3 is 5.69 Å². The Kier molecular flexibility index (Phi) is 3.50. The molecule has 0 aromatic carbocycles. The predicted octanol–water partition coefficient (Wildman–Crippen LogP) is 3.04. The lowest BCUT2D eigenvalue weighted by Gasteiger charge is -2.30. The summed E-state index contributed by atoms with van der Waals surface area (Å²) in [6.07, 6.45) is 4.19. The fourth-order valence-corrected chi connectivity index (χ4v) is 4.95. The van der Waals surface area contributed by atoms with E-state index in [0.717, 1.165) is 22.2 Å². The topological polar surface area (TPSA) is 74.3 Å². The summed E-state index contributed by atoms with van der Waals surface area (Å²) < 4.78 is 9.21. The summed E-state index contributed by atoms with van der Waals surface area (Å²) in [7, 11) is 0. The molecule has 5 heterocycles. The van der Waals surface area contributed by atoms with E-state index < -0.39 is 0 Å². The van der Waals surface area contributed by atoms with Crippen molar-refractivity contribution in [1.29, 1.82) is 0 Å². The highest BCUT2D eigenvalue weighted by Crippen LogP contribution is 2.40. The number of aromatic nitrogens is 5. The van der Waals surface area contributed by atoms with E-state index in [2.05, 4.69) is 23.9 Å². The van der Waals surface area contributed by atoms with Crippen LogP contribution in [0, 0.1) is 0 Å². The first-order chi connectivity index (χ1) is 13.0. The zero-order valence-corrected chi connectivity index (χ0v) is 16.2. The van der Waals surface area contributed by atoms with Crippen LogP contribution >= 0.6 is 11.3 Å². The molecule has 0 saturated carbocycles. The van der Waals surface area contributed by atoms with Crippen molar-refractivity contribution in [2.75, 3.05) is 0 Å². The molecule has 0 atom stereocenters. The Morgan fingerprint density at radius 2 is 2.07 bits per heavy atom. The lowest BCUT2D eigenvalue weighted by Crippen LogP contribution is -2.31. The van der Waals surface area contributed by atoms with Crippen LogP contribution < -0.4 is 5.69 Å². The number of aryl methyl sites for hydroxylation is 1. The van der Waals surface area contributed by atoms with Crippen molar-refractivity contribution in [2.45, 2.75) is 45.9 Å². The zero-order valence-electron chi connectivity index (χ0n) is 15.4. The van der Waals surface area contributed by atoms with Gasteiger partial charge in [-0.25, -0.2) is 9.78 Å². The summed E-state index contributed by atoms with van der Waals surface area (Å²) in [5, 5.41) is 5.55.